The molecule has 1 amide bonds. The first-order chi connectivity index (χ1) is 13.9. The van der Waals surface area contributed by atoms with Crippen LogP contribution in [-0.2, 0) is 20.9 Å². The van der Waals surface area contributed by atoms with Gasteiger partial charge in [-0.2, -0.15) is 0 Å². The van der Waals surface area contributed by atoms with Gasteiger partial charge in [-0.25, -0.2) is 4.79 Å². The van der Waals surface area contributed by atoms with Gasteiger partial charge in [0.05, 0.1) is 14.2 Å². The van der Waals surface area contributed by atoms with Crippen molar-refractivity contribution in [3.05, 3.63) is 59.7 Å². The fourth-order valence-electron chi connectivity index (χ4n) is 2.44. The molecule has 0 aliphatic rings. The Morgan fingerprint density at radius 2 is 1.62 bits per heavy atom. The van der Waals surface area contributed by atoms with Gasteiger partial charge in [0.25, 0.3) is 5.91 Å². The molecule has 0 bridgehead atoms. The van der Waals surface area contributed by atoms with E-state index in [0.717, 1.165) is 11.3 Å². The molecule has 2 aromatic rings. The summed E-state index contributed by atoms with van der Waals surface area (Å²) in [6.45, 7) is 0.0178. The smallest absolute Gasteiger partial charge is 0.331 e. The summed E-state index contributed by atoms with van der Waals surface area (Å²) >= 11 is 0. The van der Waals surface area contributed by atoms with Gasteiger partial charge in [0.1, 0.15) is 11.5 Å². The molecule has 0 aliphatic carbocycles. The molecule has 0 aromatic heterocycles. The number of carbonyl (C=O) groups excluding carboxylic acids is 2. The van der Waals surface area contributed by atoms with Crippen LogP contribution in [0.4, 0.5) is 5.69 Å². The zero-order valence-electron chi connectivity index (χ0n) is 17.1. The van der Waals surface area contributed by atoms with Gasteiger partial charge >= 0.3 is 5.97 Å². The number of amides is 1. The minimum atomic E-state index is -0.614. The number of esters is 1. The minimum absolute atomic E-state index is 0.347. The third kappa shape index (κ3) is 7.21. The number of ether oxygens (including phenoxy) is 3. The van der Waals surface area contributed by atoms with Crippen LogP contribution >= 0.6 is 0 Å². The second-order valence-electron chi connectivity index (χ2n) is 6.42. The molecule has 0 saturated carbocycles. The number of hydrogen-bond acceptors (Lipinski definition) is 6. The molecular weight excluding hydrogens is 372 g/mol. The van der Waals surface area contributed by atoms with Crippen LogP contribution in [-0.4, -0.2) is 46.8 Å². The molecule has 0 saturated heterocycles. The maximum atomic E-state index is 11.9. The summed E-state index contributed by atoms with van der Waals surface area (Å²) in [7, 11) is 7.02. The molecule has 154 valence electrons. The Bertz CT molecular complexity index is 838. The third-order valence-corrected chi connectivity index (χ3v) is 4.07. The van der Waals surface area contributed by atoms with Gasteiger partial charge in [0, 0.05) is 38.5 Å². The lowest BCUT2D eigenvalue weighted by Gasteiger charge is -2.12. The Morgan fingerprint density at radius 1 is 1.00 bits per heavy atom. The minimum Gasteiger partial charge on any atom is -0.497 e. The lowest BCUT2D eigenvalue weighted by Crippen LogP contribution is -2.28. The van der Waals surface area contributed by atoms with Crippen LogP contribution in [0.1, 0.15) is 11.1 Å². The Labute approximate surface area is 170 Å². The molecule has 7 nitrogen and oxygen atoms in total. The average molecular weight is 398 g/mol. The van der Waals surface area contributed by atoms with Crippen LogP contribution in [0.3, 0.4) is 0 Å². The first kappa shape index (κ1) is 21.8. The van der Waals surface area contributed by atoms with Crippen LogP contribution in [0, 0.1) is 0 Å². The molecule has 7 heteroatoms. The number of nitrogens with zero attached hydrogens (tertiary/aromatic N) is 1. The Balaban J connectivity index is 1.79. The van der Waals surface area contributed by atoms with Crippen molar-refractivity contribution in [1.82, 2.24) is 5.32 Å². The van der Waals surface area contributed by atoms with Crippen molar-refractivity contribution >= 4 is 23.6 Å². The summed E-state index contributed by atoms with van der Waals surface area (Å²) in [5.41, 5.74) is 2.75. The van der Waals surface area contributed by atoms with Gasteiger partial charge in [-0.1, -0.05) is 12.1 Å². The molecule has 0 spiro atoms. The summed E-state index contributed by atoms with van der Waals surface area (Å²) in [6.07, 6.45) is 2.82. The molecule has 2 rings (SSSR count). The molecule has 0 heterocycles. The molecule has 2 aromatic carbocycles. The molecule has 0 fully saturated rings. The summed E-state index contributed by atoms with van der Waals surface area (Å²) in [5.74, 6) is 0.231. The third-order valence-electron chi connectivity index (χ3n) is 4.07. The second kappa shape index (κ2) is 10.8. The van der Waals surface area contributed by atoms with E-state index in [1.807, 2.05) is 43.3 Å². The molecule has 0 atom stereocenters. The summed E-state index contributed by atoms with van der Waals surface area (Å²) in [5, 5.41) is 2.72. The predicted octanol–water partition coefficient (Wildman–Crippen LogP) is 2.64. The predicted molar refractivity (Wildman–Crippen MR) is 112 cm³/mol. The van der Waals surface area contributed by atoms with Gasteiger partial charge in [-0.3, -0.25) is 4.79 Å². The standard InChI is InChI=1S/C22H26N2O5/c1-24(2)18-8-5-16(6-9-18)14-23-21(25)15-29-22(26)10-7-17-11-19(27-3)13-20(12-17)28-4/h5-13H,14-15H2,1-4H3,(H,23,25)/b10-7+. The van der Waals surface area contributed by atoms with E-state index in [1.165, 1.54) is 6.08 Å². The van der Waals surface area contributed by atoms with Crippen molar-refractivity contribution in [1.29, 1.82) is 0 Å². The maximum absolute atomic E-state index is 11.9. The Kier molecular flexibility index (Phi) is 8.09. The molecule has 0 radical (unpaired) electrons. The molecular formula is C22H26N2O5. The van der Waals surface area contributed by atoms with Gasteiger partial charge < -0.3 is 24.4 Å². The van der Waals surface area contributed by atoms with E-state index in [9.17, 15) is 9.59 Å². The molecule has 29 heavy (non-hydrogen) atoms. The number of benzene rings is 2. The van der Waals surface area contributed by atoms with E-state index in [0.29, 0.717) is 23.6 Å². The monoisotopic (exact) mass is 398 g/mol. The van der Waals surface area contributed by atoms with Crippen molar-refractivity contribution < 1.29 is 23.8 Å². The first-order valence-electron chi connectivity index (χ1n) is 9.02. The quantitative estimate of drug-likeness (QED) is 0.517. The van der Waals surface area contributed by atoms with E-state index in [1.54, 1.807) is 38.5 Å². The lowest BCUT2D eigenvalue weighted by atomic mass is 10.2. The number of carbonyl (C=O) groups is 2. The summed E-state index contributed by atoms with van der Waals surface area (Å²) in [4.78, 5) is 25.7. The van der Waals surface area contributed by atoms with Crippen molar-refractivity contribution in [3.8, 4) is 11.5 Å². The second-order valence-corrected chi connectivity index (χ2v) is 6.42. The number of methoxy groups -OCH3 is 2. The normalized spacial score (nSPS) is 10.5. The largest absolute Gasteiger partial charge is 0.497 e. The SMILES string of the molecule is COc1cc(/C=C/C(=O)OCC(=O)NCc2ccc(N(C)C)cc2)cc(OC)c1. The Hall–Kier alpha value is -3.48. The van der Waals surface area contributed by atoms with E-state index in [-0.39, 0.29) is 12.5 Å². The summed E-state index contributed by atoms with van der Waals surface area (Å²) < 4.78 is 15.3. The maximum Gasteiger partial charge on any atom is 0.331 e. The van der Waals surface area contributed by atoms with Gasteiger partial charge in [-0.15, -0.1) is 0 Å². The highest BCUT2D eigenvalue weighted by molar-refractivity contribution is 5.89. The van der Waals surface area contributed by atoms with E-state index < -0.39 is 5.97 Å². The highest BCUT2D eigenvalue weighted by Crippen LogP contribution is 2.23. The summed E-state index contributed by atoms with van der Waals surface area (Å²) in [6, 6.07) is 13.1. The van der Waals surface area contributed by atoms with Crippen molar-refractivity contribution in [3.63, 3.8) is 0 Å². The fourth-order valence-corrected chi connectivity index (χ4v) is 2.44. The van der Waals surface area contributed by atoms with Crippen molar-refractivity contribution in [2.75, 3.05) is 39.8 Å². The van der Waals surface area contributed by atoms with Crippen LogP contribution in [0.2, 0.25) is 0 Å². The van der Waals surface area contributed by atoms with E-state index >= 15 is 0 Å². The van der Waals surface area contributed by atoms with Gasteiger partial charge in [0.2, 0.25) is 0 Å². The van der Waals surface area contributed by atoms with E-state index in [4.69, 9.17) is 14.2 Å². The topological polar surface area (TPSA) is 77.1 Å². The number of anilines is 1. The number of rotatable bonds is 9. The highest BCUT2D eigenvalue weighted by Gasteiger charge is 2.06. The van der Waals surface area contributed by atoms with E-state index in [2.05, 4.69) is 5.32 Å². The van der Waals surface area contributed by atoms with Gasteiger partial charge in [-0.05, 0) is 41.5 Å². The van der Waals surface area contributed by atoms with Crippen molar-refractivity contribution in [2.45, 2.75) is 6.54 Å². The number of hydrogen-bond donors (Lipinski definition) is 1. The van der Waals surface area contributed by atoms with Crippen LogP contribution in [0.15, 0.2) is 48.5 Å². The van der Waals surface area contributed by atoms with Crippen LogP contribution in [0.25, 0.3) is 6.08 Å². The van der Waals surface area contributed by atoms with Crippen LogP contribution in [0.5, 0.6) is 11.5 Å². The first-order valence-corrected chi connectivity index (χ1v) is 9.02. The zero-order chi connectivity index (χ0) is 21.2. The molecule has 0 aliphatic heterocycles. The molecule has 0 unspecified atom stereocenters. The Morgan fingerprint density at radius 3 is 2.17 bits per heavy atom. The van der Waals surface area contributed by atoms with Crippen LogP contribution < -0.4 is 19.7 Å². The molecule has 1 N–H and O–H groups in total. The fraction of sp³-hybridized carbons (Fsp3) is 0.273. The van der Waals surface area contributed by atoms with Crippen molar-refractivity contribution in [2.24, 2.45) is 0 Å². The number of nitrogens with one attached hydrogen (secondary N) is 1. The lowest BCUT2D eigenvalue weighted by molar-refractivity contribution is -0.143. The highest BCUT2D eigenvalue weighted by atomic mass is 16.5. The average Bonchev–Trinajstić information content (AvgIpc) is 2.74. The zero-order valence-corrected chi connectivity index (χ0v) is 17.1. The van der Waals surface area contributed by atoms with Gasteiger partial charge in [0.15, 0.2) is 6.61 Å².